The Hall–Kier alpha value is -2.56. The SMILES string of the molecule is O=C(c1cccc2ccccc12)N1CCN(C(=O)N2CCCCC2)CC1. The van der Waals surface area contributed by atoms with Crippen molar-refractivity contribution in [1.29, 1.82) is 0 Å². The zero-order valence-electron chi connectivity index (χ0n) is 15.1. The Balaban J connectivity index is 1.42. The van der Waals surface area contributed by atoms with Crippen LogP contribution in [0.2, 0.25) is 0 Å². The number of amides is 3. The molecule has 0 aliphatic carbocycles. The van der Waals surface area contributed by atoms with Gasteiger partial charge in [-0.1, -0.05) is 36.4 Å². The van der Waals surface area contributed by atoms with Gasteiger partial charge in [-0.05, 0) is 36.1 Å². The molecule has 2 aliphatic rings. The minimum atomic E-state index is 0.0619. The first-order valence-corrected chi connectivity index (χ1v) is 9.55. The normalized spacial score (nSPS) is 18.2. The van der Waals surface area contributed by atoms with Crippen molar-refractivity contribution in [2.24, 2.45) is 0 Å². The molecular formula is C21H25N3O2. The lowest BCUT2D eigenvalue weighted by Gasteiger charge is -2.38. The number of hydrogen-bond acceptors (Lipinski definition) is 2. The Morgan fingerprint density at radius 1 is 0.654 bits per heavy atom. The van der Waals surface area contributed by atoms with E-state index in [0.717, 1.165) is 42.3 Å². The highest BCUT2D eigenvalue weighted by atomic mass is 16.2. The van der Waals surface area contributed by atoms with Crippen LogP contribution in [0.15, 0.2) is 42.5 Å². The molecule has 2 aromatic carbocycles. The van der Waals surface area contributed by atoms with Crippen LogP contribution in [-0.4, -0.2) is 65.9 Å². The number of benzene rings is 2. The molecule has 0 N–H and O–H groups in total. The maximum Gasteiger partial charge on any atom is 0.320 e. The average Bonchev–Trinajstić information content (AvgIpc) is 2.73. The molecule has 2 aromatic rings. The summed E-state index contributed by atoms with van der Waals surface area (Å²) in [4.78, 5) is 31.4. The standard InChI is InChI=1S/C21H25N3O2/c25-20(19-10-6-8-17-7-2-3-9-18(17)19)22-13-15-24(16-14-22)21(26)23-11-4-1-5-12-23/h2-3,6-10H,1,4-5,11-16H2. The van der Waals surface area contributed by atoms with Gasteiger partial charge < -0.3 is 14.7 Å². The van der Waals surface area contributed by atoms with E-state index in [2.05, 4.69) is 0 Å². The Labute approximate surface area is 154 Å². The van der Waals surface area contributed by atoms with E-state index in [1.807, 2.05) is 57.2 Å². The molecule has 5 nitrogen and oxygen atoms in total. The Bertz CT molecular complexity index is 801. The molecule has 2 heterocycles. The fraction of sp³-hybridized carbons (Fsp3) is 0.429. The van der Waals surface area contributed by atoms with E-state index in [1.165, 1.54) is 6.42 Å². The van der Waals surface area contributed by atoms with Crippen LogP contribution in [0.4, 0.5) is 4.79 Å². The number of piperazine rings is 1. The van der Waals surface area contributed by atoms with E-state index < -0.39 is 0 Å². The molecule has 0 saturated carbocycles. The number of piperidine rings is 1. The minimum Gasteiger partial charge on any atom is -0.335 e. The van der Waals surface area contributed by atoms with Crippen LogP contribution >= 0.6 is 0 Å². The van der Waals surface area contributed by atoms with Gasteiger partial charge in [0.05, 0.1) is 0 Å². The third-order valence-corrected chi connectivity index (χ3v) is 5.48. The monoisotopic (exact) mass is 351 g/mol. The number of likely N-dealkylation sites (tertiary alicyclic amines) is 1. The largest absolute Gasteiger partial charge is 0.335 e. The van der Waals surface area contributed by atoms with Gasteiger partial charge in [0.15, 0.2) is 0 Å². The zero-order valence-corrected chi connectivity index (χ0v) is 15.1. The number of rotatable bonds is 1. The highest BCUT2D eigenvalue weighted by molar-refractivity contribution is 6.07. The lowest BCUT2D eigenvalue weighted by Crippen LogP contribution is -2.54. The van der Waals surface area contributed by atoms with Gasteiger partial charge in [0.2, 0.25) is 0 Å². The smallest absolute Gasteiger partial charge is 0.320 e. The molecule has 0 aromatic heterocycles. The fourth-order valence-electron chi connectivity index (χ4n) is 3.97. The van der Waals surface area contributed by atoms with Crippen LogP contribution in [0.1, 0.15) is 29.6 Å². The average molecular weight is 351 g/mol. The summed E-state index contributed by atoms with van der Waals surface area (Å²) in [7, 11) is 0. The van der Waals surface area contributed by atoms with Crippen LogP contribution in [0, 0.1) is 0 Å². The number of urea groups is 1. The van der Waals surface area contributed by atoms with Crippen LogP contribution in [0.5, 0.6) is 0 Å². The highest BCUT2D eigenvalue weighted by Gasteiger charge is 2.28. The number of carbonyl (C=O) groups excluding carboxylic acids is 2. The molecule has 3 amide bonds. The number of nitrogens with zero attached hydrogens (tertiary/aromatic N) is 3. The van der Waals surface area contributed by atoms with Gasteiger partial charge in [-0.15, -0.1) is 0 Å². The van der Waals surface area contributed by atoms with E-state index in [9.17, 15) is 9.59 Å². The Kier molecular flexibility index (Phi) is 4.78. The first kappa shape index (κ1) is 16.9. The summed E-state index contributed by atoms with van der Waals surface area (Å²) in [6.07, 6.45) is 3.42. The number of hydrogen-bond donors (Lipinski definition) is 0. The molecule has 0 bridgehead atoms. The molecule has 136 valence electrons. The first-order chi connectivity index (χ1) is 12.7. The van der Waals surface area contributed by atoms with Crippen LogP contribution in [-0.2, 0) is 0 Å². The molecular weight excluding hydrogens is 326 g/mol. The van der Waals surface area contributed by atoms with Crippen molar-refractivity contribution in [2.75, 3.05) is 39.3 Å². The van der Waals surface area contributed by atoms with Gasteiger partial charge >= 0.3 is 6.03 Å². The second kappa shape index (κ2) is 7.36. The van der Waals surface area contributed by atoms with Crippen molar-refractivity contribution in [1.82, 2.24) is 14.7 Å². The molecule has 2 saturated heterocycles. The van der Waals surface area contributed by atoms with Crippen molar-refractivity contribution < 1.29 is 9.59 Å². The van der Waals surface area contributed by atoms with Gasteiger partial charge in [-0.3, -0.25) is 4.79 Å². The predicted molar refractivity (Wildman–Crippen MR) is 102 cm³/mol. The van der Waals surface area contributed by atoms with Crippen molar-refractivity contribution in [2.45, 2.75) is 19.3 Å². The molecule has 2 aliphatic heterocycles. The number of fused-ring (bicyclic) bond motifs is 1. The molecule has 0 spiro atoms. The predicted octanol–water partition coefficient (Wildman–Crippen LogP) is 3.20. The maximum atomic E-state index is 13.0. The first-order valence-electron chi connectivity index (χ1n) is 9.55. The van der Waals surface area contributed by atoms with E-state index in [4.69, 9.17) is 0 Å². The Morgan fingerprint density at radius 2 is 1.27 bits per heavy atom. The van der Waals surface area contributed by atoms with Crippen molar-refractivity contribution >= 4 is 22.7 Å². The quantitative estimate of drug-likeness (QED) is 0.792. The second-order valence-electron chi connectivity index (χ2n) is 7.14. The summed E-state index contributed by atoms with van der Waals surface area (Å²) in [5.74, 6) is 0.0619. The molecule has 0 radical (unpaired) electrons. The zero-order chi connectivity index (χ0) is 17.9. The van der Waals surface area contributed by atoms with Gasteiger partial charge in [0.1, 0.15) is 0 Å². The molecule has 4 rings (SSSR count). The lowest BCUT2D eigenvalue weighted by atomic mass is 10.0. The van der Waals surface area contributed by atoms with Gasteiger partial charge in [-0.25, -0.2) is 4.79 Å². The highest BCUT2D eigenvalue weighted by Crippen LogP contribution is 2.21. The Morgan fingerprint density at radius 3 is 2.04 bits per heavy atom. The van der Waals surface area contributed by atoms with Crippen LogP contribution in [0.25, 0.3) is 10.8 Å². The number of carbonyl (C=O) groups is 2. The van der Waals surface area contributed by atoms with Gasteiger partial charge in [0, 0.05) is 44.8 Å². The van der Waals surface area contributed by atoms with E-state index in [1.54, 1.807) is 0 Å². The molecule has 2 fully saturated rings. The third-order valence-electron chi connectivity index (χ3n) is 5.48. The summed E-state index contributed by atoms with van der Waals surface area (Å²) in [6.45, 7) is 4.17. The molecule has 26 heavy (non-hydrogen) atoms. The van der Waals surface area contributed by atoms with Crippen LogP contribution in [0.3, 0.4) is 0 Å². The summed E-state index contributed by atoms with van der Waals surface area (Å²) >= 11 is 0. The topological polar surface area (TPSA) is 43.9 Å². The molecule has 0 unspecified atom stereocenters. The fourth-order valence-corrected chi connectivity index (χ4v) is 3.97. The van der Waals surface area contributed by atoms with Gasteiger partial charge in [0.25, 0.3) is 5.91 Å². The molecule has 5 heteroatoms. The summed E-state index contributed by atoms with van der Waals surface area (Å²) in [6, 6.07) is 14.0. The molecule has 0 atom stereocenters. The van der Waals surface area contributed by atoms with Crippen molar-refractivity contribution in [3.63, 3.8) is 0 Å². The summed E-state index contributed by atoms with van der Waals surface area (Å²) < 4.78 is 0. The third kappa shape index (κ3) is 3.26. The summed E-state index contributed by atoms with van der Waals surface area (Å²) in [5.41, 5.74) is 0.749. The lowest BCUT2D eigenvalue weighted by molar-refractivity contribution is 0.0635. The second-order valence-corrected chi connectivity index (χ2v) is 7.14. The van der Waals surface area contributed by atoms with Gasteiger partial charge in [-0.2, -0.15) is 0 Å². The van der Waals surface area contributed by atoms with E-state index in [-0.39, 0.29) is 11.9 Å². The van der Waals surface area contributed by atoms with Crippen molar-refractivity contribution in [3.8, 4) is 0 Å². The van der Waals surface area contributed by atoms with E-state index >= 15 is 0 Å². The minimum absolute atomic E-state index is 0.0619. The van der Waals surface area contributed by atoms with Crippen molar-refractivity contribution in [3.05, 3.63) is 48.0 Å². The maximum absolute atomic E-state index is 13.0. The van der Waals surface area contributed by atoms with Crippen LogP contribution < -0.4 is 0 Å². The van der Waals surface area contributed by atoms with E-state index in [0.29, 0.717) is 26.2 Å². The summed E-state index contributed by atoms with van der Waals surface area (Å²) in [5, 5.41) is 2.07.